The summed E-state index contributed by atoms with van der Waals surface area (Å²) in [7, 11) is -3.68. The van der Waals surface area contributed by atoms with E-state index in [-0.39, 0.29) is 10.7 Å². The lowest BCUT2D eigenvalue weighted by molar-refractivity contribution is 0.601. The first-order valence-corrected chi connectivity index (χ1v) is 9.07. The molecule has 0 aliphatic rings. The normalized spacial score (nSPS) is 11.1. The molecule has 0 amide bonds. The minimum atomic E-state index is -3.68. The van der Waals surface area contributed by atoms with Crippen LogP contribution in [0.2, 0.25) is 0 Å². The maximum Gasteiger partial charge on any atom is 0.263 e. The second kappa shape index (κ2) is 7.27. The summed E-state index contributed by atoms with van der Waals surface area (Å²) >= 11 is 0. The molecule has 2 heterocycles. The molecule has 0 bridgehead atoms. The molecule has 7 nitrogen and oxygen atoms in total. The van der Waals surface area contributed by atoms with Gasteiger partial charge in [-0.3, -0.25) is 9.71 Å². The van der Waals surface area contributed by atoms with E-state index in [4.69, 9.17) is 0 Å². The van der Waals surface area contributed by atoms with Gasteiger partial charge in [0.1, 0.15) is 5.82 Å². The average Bonchev–Trinajstić information content (AvgIpc) is 2.62. The highest BCUT2D eigenvalue weighted by molar-refractivity contribution is 7.92. The number of benzene rings is 1. The molecule has 0 spiro atoms. The Kier molecular flexibility index (Phi) is 4.90. The van der Waals surface area contributed by atoms with Crippen molar-refractivity contribution in [1.82, 2.24) is 15.2 Å². The maximum atomic E-state index is 12.3. The molecule has 8 heteroatoms. The zero-order chi connectivity index (χ0) is 17.7. The molecule has 1 aromatic carbocycles. The lowest BCUT2D eigenvalue weighted by Gasteiger charge is -2.09. The molecule has 2 N–H and O–H groups in total. The van der Waals surface area contributed by atoms with Crippen molar-refractivity contribution in [3.8, 4) is 0 Å². The summed E-state index contributed by atoms with van der Waals surface area (Å²) in [5.74, 6) is 0.714. The van der Waals surface area contributed by atoms with E-state index in [0.717, 1.165) is 11.1 Å². The van der Waals surface area contributed by atoms with Gasteiger partial charge in [-0.05, 0) is 54.4 Å². The fourth-order valence-electron chi connectivity index (χ4n) is 2.15. The second-order valence-corrected chi connectivity index (χ2v) is 7.12. The maximum absolute atomic E-state index is 12.3. The van der Waals surface area contributed by atoms with Crippen LogP contribution in [0.4, 0.5) is 11.6 Å². The highest BCUT2D eigenvalue weighted by Gasteiger charge is 2.15. The number of nitrogens with one attached hydrogen (secondary N) is 2. The number of sulfonamides is 1. The van der Waals surface area contributed by atoms with Crippen molar-refractivity contribution >= 4 is 21.7 Å². The van der Waals surface area contributed by atoms with Crippen molar-refractivity contribution < 1.29 is 8.42 Å². The summed E-state index contributed by atoms with van der Waals surface area (Å²) < 4.78 is 27.1. The molecule has 0 radical (unpaired) electrons. The second-order valence-electron chi connectivity index (χ2n) is 5.43. The molecule has 0 saturated heterocycles. The minimum Gasteiger partial charge on any atom is -0.365 e. The molecule has 0 unspecified atom stereocenters. The largest absolute Gasteiger partial charge is 0.365 e. The summed E-state index contributed by atoms with van der Waals surface area (Å²) in [4.78, 5) is 4.14. The van der Waals surface area contributed by atoms with Crippen LogP contribution in [-0.4, -0.2) is 23.6 Å². The zero-order valence-corrected chi connectivity index (χ0v) is 14.4. The summed E-state index contributed by atoms with van der Waals surface area (Å²) in [6.07, 6.45) is 3.43. The quantitative estimate of drug-likeness (QED) is 0.705. The van der Waals surface area contributed by atoms with Gasteiger partial charge < -0.3 is 5.32 Å². The lowest BCUT2D eigenvalue weighted by Crippen LogP contribution is -2.14. The van der Waals surface area contributed by atoms with Crippen LogP contribution >= 0.6 is 0 Å². The van der Waals surface area contributed by atoms with Gasteiger partial charge in [0, 0.05) is 18.9 Å². The van der Waals surface area contributed by atoms with Gasteiger partial charge in [-0.15, -0.1) is 10.2 Å². The summed E-state index contributed by atoms with van der Waals surface area (Å²) in [5, 5.41) is 11.0. The van der Waals surface area contributed by atoms with Gasteiger partial charge >= 0.3 is 0 Å². The van der Waals surface area contributed by atoms with Gasteiger partial charge in [-0.2, -0.15) is 0 Å². The van der Waals surface area contributed by atoms with E-state index in [2.05, 4.69) is 25.2 Å². The third-order valence-corrected chi connectivity index (χ3v) is 4.78. The standard InChI is InChI=1S/C17H17N5O2S/c1-13-3-2-4-15(11-13)25(23,24)22-17-6-5-16(20-21-17)19-12-14-7-9-18-10-8-14/h2-11H,12H2,1H3,(H,19,20)(H,21,22). The van der Waals surface area contributed by atoms with Crippen molar-refractivity contribution in [2.75, 3.05) is 10.0 Å². The molecular weight excluding hydrogens is 338 g/mol. The monoisotopic (exact) mass is 355 g/mol. The number of rotatable bonds is 6. The first kappa shape index (κ1) is 16.8. The summed E-state index contributed by atoms with van der Waals surface area (Å²) in [6.45, 7) is 2.41. The van der Waals surface area contributed by atoms with Crippen LogP contribution < -0.4 is 10.0 Å². The Morgan fingerprint density at radius 2 is 1.68 bits per heavy atom. The molecule has 0 aliphatic carbocycles. The highest BCUT2D eigenvalue weighted by atomic mass is 32.2. The lowest BCUT2D eigenvalue weighted by atomic mass is 10.2. The van der Waals surface area contributed by atoms with Gasteiger partial charge in [-0.25, -0.2) is 8.42 Å². The molecule has 2 aromatic heterocycles. The average molecular weight is 355 g/mol. The smallest absolute Gasteiger partial charge is 0.263 e. The van der Waals surface area contributed by atoms with Crippen molar-refractivity contribution in [1.29, 1.82) is 0 Å². The molecule has 128 valence electrons. The van der Waals surface area contributed by atoms with E-state index in [1.54, 1.807) is 36.7 Å². The van der Waals surface area contributed by atoms with Crippen LogP contribution in [0.5, 0.6) is 0 Å². The predicted molar refractivity (Wildman–Crippen MR) is 95.6 cm³/mol. The molecule has 25 heavy (non-hydrogen) atoms. The molecular formula is C17H17N5O2S. The van der Waals surface area contributed by atoms with Gasteiger partial charge in [0.25, 0.3) is 10.0 Å². The summed E-state index contributed by atoms with van der Waals surface area (Å²) in [5.41, 5.74) is 1.92. The number of aromatic nitrogens is 3. The SMILES string of the molecule is Cc1cccc(S(=O)(=O)Nc2ccc(NCc3ccncc3)nn2)c1. The number of pyridine rings is 1. The number of anilines is 2. The molecule has 0 atom stereocenters. The van der Waals surface area contributed by atoms with Gasteiger partial charge in [0.05, 0.1) is 4.90 Å². The van der Waals surface area contributed by atoms with Crippen LogP contribution in [0.3, 0.4) is 0 Å². The van der Waals surface area contributed by atoms with Crippen molar-refractivity contribution in [3.05, 3.63) is 72.1 Å². The van der Waals surface area contributed by atoms with E-state index >= 15 is 0 Å². The van der Waals surface area contributed by atoms with E-state index in [0.29, 0.717) is 12.4 Å². The Labute approximate surface area is 146 Å². The Hall–Kier alpha value is -3.00. The van der Waals surface area contributed by atoms with Gasteiger partial charge in [0.2, 0.25) is 0 Å². The topological polar surface area (TPSA) is 96.9 Å². The summed E-state index contributed by atoms with van der Waals surface area (Å²) in [6, 6.07) is 13.7. The molecule has 3 aromatic rings. The number of aryl methyl sites for hydroxylation is 1. The van der Waals surface area contributed by atoms with Crippen molar-refractivity contribution in [2.45, 2.75) is 18.4 Å². The predicted octanol–water partition coefficient (Wildman–Crippen LogP) is 2.59. The fraction of sp³-hybridized carbons (Fsp3) is 0.118. The third-order valence-electron chi connectivity index (χ3n) is 3.43. The molecule has 0 saturated carbocycles. The Morgan fingerprint density at radius 3 is 2.36 bits per heavy atom. The van der Waals surface area contributed by atoms with E-state index < -0.39 is 10.0 Å². The van der Waals surface area contributed by atoms with Crippen LogP contribution in [0.25, 0.3) is 0 Å². The van der Waals surface area contributed by atoms with Crippen LogP contribution in [-0.2, 0) is 16.6 Å². The molecule has 0 aliphatic heterocycles. The number of hydrogen-bond acceptors (Lipinski definition) is 6. The third kappa shape index (κ3) is 4.51. The Balaban J connectivity index is 1.66. The number of nitrogens with zero attached hydrogens (tertiary/aromatic N) is 3. The van der Waals surface area contributed by atoms with Crippen LogP contribution in [0, 0.1) is 6.92 Å². The minimum absolute atomic E-state index is 0.163. The van der Waals surface area contributed by atoms with Crippen LogP contribution in [0.1, 0.15) is 11.1 Å². The first-order valence-electron chi connectivity index (χ1n) is 7.59. The Morgan fingerprint density at radius 1 is 0.960 bits per heavy atom. The zero-order valence-electron chi connectivity index (χ0n) is 13.5. The van der Waals surface area contributed by atoms with E-state index in [1.165, 1.54) is 6.07 Å². The van der Waals surface area contributed by atoms with E-state index in [1.807, 2.05) is 25.1 Å². The highest BCUT2D eigenvalue weighted by Crippen LogP contribution is 2.16. The Bertz CT molecular complexity index is 944. The van der Waals surface area contributed by atoms with Gasteiger partial charge in [0.15, 0.2) is 5.82 Å². The number of hydrogen-bond donors (Lipinski definition) is 2. The van der Waals surface area contributed by atoms with E-state index in [9.17, 15) is 8.42 Å². The van der Waals surface area contributed by atoms with Crippen molar-refractivity contribution in [3.63, 3.8) is 0 Å². The van der Waals surface area contributed by atoms with Gasteiger partial charge in [-0.1, -0.05) is 12.1 Å². The fourth-order valence-corrected chi connectivity index (χ4v) is 3.25. The molecule has 0 fully saturated rings. The first-order chi connectivity index (χ1) is 12.0. The van der Waals surface area contributed by atoms with Crippen molar-refractivity contribution in [2.24, 2.45) is 0 Å². The molecule has 3 rings (SSSR count). The van der Waals surface area contributed by atoms with Crippen LogP contribution in [0.15, 0.2) is 65.8 Å².